The fraction of sp³-hybridized carbons (Fsp3) is 0.438. The lowest BCUT2D eigenvalue weighted by atomic mass is 10.3. The molecule has 0 aliphatic carbocycles. The SMILES string of the molecule is CC(F)(F)COc1cncc(N(CC2NC=C(c3nnc(C(F)F)o3)S2)S(C)(=O)=O)c1. The molecular formula is C16H17F4N5O4S2. The molecular weight excluding hydrogens is 466 g/mol. The number of anilines is 1. The smallest absolute Gasteiger partial charge is 0.314 e. The van der Waals surface area contributed by atoms with Gasteiger partial charge in [-0.1, -0.05) is 11.8 Å². The lowest BCUT2D eigenvalue weighted by molar-refractivity contribution is -0.0230. The van der Waals surface area contributed by atoms with Crippen LogP contribution in [0.5, 0.6) is 5.75 Å². The van der Waals surface area contributed by atoms with E-state index < -0.39 is 40.2 Å². The Morgan fingerprint density at radius 3 is 2.71 bits per heavy atom. The molecule has 0 aromatic carbocycles. The monoisotopic (exact) mass is 483 g/mol. The van der Waals surface area contributed by atoms with Gasteiger partial charge in [0.2, 0.25) is 10.0 Å². The minimum absolute atomic E-state index is 0.0242. The Morgan fingerprint density at radius 2 is 2.10 bits per heavy atom. The van der Waals surface area contributed by atoms with Crippen LogP contribution in [0.25, 0.3) is 4.91 Å². The summed E-state index contributed by atoms with van der Waals surface area (Å²) in [4.78, 5) is 4.22. The summed E-state index contributed by atoms with van der Waals surface area (Å²) in [6.07, 6.45) is 1.95. The minimum atomic E-state index is -3.79. The number of hydrogen-bond acceptors (Lipinski definition) is 9. The van der Waals surface area contributed by atoms with Crippen molar-refractivity contribution in [2.75, 3.05) is 23.7 Å². The van der Waals surface area contributed by atoms with Crippen LogP contribution in [0.3, 0.4) is 0 Å². The number of alkyl halides is 4. The molecule has 1 aliphatic rings. The highest BCUT2D eigenvalue weighted by molar-refractivity contribution is 8.09. The van der Waals surface area contributed by atoms with Gasteiger partial charge in [-0.05, 0) is 0 Å². The van der Waals surface area contributed by atoms with Gasteiger partial charge in [0.25, 0.3) is 17.7 Å². The van der Waals surface area contributed by atoms with Gasteiger partial charge in [0.05, 0.1) is 41.2 Å². The quantitative estimate of drug-likeness (QED) is 0.538. The maximum Gasteiger partial charge on any atom is 0.314 e. The number of pyridine rings is 1. The van der Waals surface area contributed by atoms with Gasteiger partial charge in [-0.3, -0.25) is 9.29 Å². The number of aromatic nitrogens is 3. The van der Waals surface area contributed by atoms with Crippen molar-refractivity contribution in [1.29, 1.82) is 0 Å². The van der Waals surface area contributed by atoms with Crippen LogP contribution in [0.1, 0.15) is 25.1 Å². The molecule has 170 valence electrons. The largest absolute Gasteiger partial charge is 0.486 e. The van der Waals surface area contributed by atoms with E-state index in [1.165, 1.54) is 24.7 Å². The summed E-state index contributed by atoms with van der Waals surface area (Å²) in [6, 6.07) is 1.28. The first-order chi connectivity index (χ1) is 14.4. The second kappa shape index (κ2) is 8.90. The van der Waals surface area contributed by atoms with Crippen molar-refractivity contribution in [2.45, 2.75) is 24.6 Å². The summed E-state index contributed by atoms with van der Waals surface area (Å²) < 4.78 is 86.8. The van der Waals surface area contributed by atoms with E-state index in [1.807, 2.05) is 0 Å². The first kappa shape index (κ1) is 23.1. The number of nitrogens with one attached hydrogen (secondary N) is 1. The predicted molar refractivity (Wildman–Crippen MR) is 104 cm³/mol. The van der Waals surface area contributed by atoms with Crippen molar-refractivity contribution in [3.8, 4) is 5.75 Å². The van der Waals surface area contributed by atoms with Crippen molar-refractivity contribution < 1.29 is 35.1 Å². The van der Waals surface area contributed by atoms with Gasteiger partial charge in [-0.25, -0.2) is 17.2 Å². The summed E-state index contributed by atoms with van der Waals surface area (Å²) in [5.41, 5.74) is 0.105. The third-order valence-electron chi connectivity index (χ3n) is 3.72. The van der Waals surface area contributed by atoms with Gasteiger partial charge in [0.1, 0.15) is 5.75 Å². The topological polar surface area (TPSA) is 110 Å². The highest BCUT2D eigenvalue weighted by Crippen LogP contribution is 2.36. The van der Waals surface area contributed by atoms with Crippen molar-refractivity contribution >= 4 is 32.4 Å². The maximum atomic E-state index is 13.0. The number of hydrogen-bond donors (Lipinski definition) is 1. The van der Waals surface area contributed by atoms with Crippen LogP contribution < -0.4 is 14.4 Å². The fourth-order valence-electron chi connectivity index (χ4n) is 2.43. The second-order valence-corrected chi connectivity index (χ2v) is 9.71. The van der Waals surface area contributed by atoms with E-state index in [0.29, 0.717) is 11.8 Å². The predicted octanol–water partition coefficient (Wildman–Crippen LogP) is 2.86. The summed E-state index contributed by atoms with van der Waals surface area (Å²) in [5, 5.41) is 9.17. The molecule has 0 fully saturated rings. The highest BCUT2D eigenvalue weighted by Gasteiger charge is 2.29. The van der Waals surface area contributed by atoms with Crippen molar-refractivity contribution in [3.63, 3.8) is 0 Å². The van der Waals surface area contributed by atoms with E-state index in [9.17, 15) is 26.0 Å². The number of halogens is 4. The van der Waals surface area contributed by atoms with E-state index in [1.54, 1.807) is 0 Å². The zero-order chi connectivity index (χ0) is 22.8. The van der Waals surface area contributed by atoms with Crippen LogP contribution in [0.15, 0.2) is 29.1 Å². The average Bonchev–Trinajstić information content (AvgIpc) is 3.32. The number of sulfonamides is 1. The molecule has 1 aliphatic heterocycles. The molecule has 0 spiro atoms. The molecule has 0 bridgehead atoms. The molecule has 9 nitrogen and oxygen atoms in total. The molecule has 1 unspecified atom stereocenters. The standard InChI is InChI=1S/C16H17F4N5O4S2/c1-16(19,20)8-28-10-3-9(4-21-5-10)25(31(2,26)27)7-12-22-6-11(30-12)14-23-24-15(29-14)13(17)18/h3-6,12-13,22H,7-8H2,1-2H3. The van der Waals surface area contributed by atoms with Gasteiger partial charge >= 0.3 is 6.43 Å². The summed E-state index contributed by atoms with van der Waals surface area (Å²) in [7, 11) is -3.79. The molecule has 3 heterocycles. The Kier molecular flexibility index (Phi) is 6.64. The third kappa shape index (κ3) is 6.22. The Labute approximate surface area is 178 Å². The number of ether oxygens (including phenoxy) is 1. The Hall–Kier alpha value is -2.55. The summed E-state index contributed by atoms with van der Waals surface area (Å²) >= 11 is 1.10. The van der Waals surface area contributed by atoms with Crippen molar-refractivity contribution in [1.82, 2.24) is 20.5 Å². The van der Waals surface area contributed by atoms with Gasteiger partial charge in [-0.15, -0.1) is 10.2 Å². The molecule has 0 amide bonds. The van der Waals surface area contributed by atoms with Crippen LogP contribution in [-0.4, -0.2) is 54.3 Å². The van der Waals surface area contributed by atoms with Crippen LogP contribution >= 0.6 is 11.8 Å². The normalized spacial score (nSPS) is 16.9. The maximum absolute atomic E-state index is 13.0. The molecule has 15 heteroatoms. The van der Waals surface area contributed by atoms with Crippen molar-refractivity contribution in [2.24, 2.45) is 0 Å². The van der Waals surface area contributed by atoms with Crippen LogP contribution in [0.2, 0.25) is 0 Å². The second-order valence-electron chi connectivity index (χ2n) is 6.56. The number of nitrogens with zero attached hydrogens (tertiary/aromatic N) is 4. The molecule has 2 aromatic rings. The number of rotatable bonds is 9. The molecule has 31 heavy (non-hydrogen) atoms. The fourth-order valence-corrected chi connectivity index (χ4v) is 4.41. The highest BCUT2D eigenvalue weighted by atomic mass is 32.2. The van der Waals surface area contributed by atoms with Crippen LogP contribution in [0.4, 0.5) is 23.2 Å². The van der Waals surface area contributed by atoms with Crippen LogP contribution in [0, 0.1) is 0 Å². The summed E-state index contributed by atoms with van der Waals surface area (Å²) in [5.74, 6) is -4.04. The average molecular weight is 483 g/mol. The van der Waals surface area contributed by atoms with E-state index in [0.717, 1.165) is 22.3 Å². The van der Waals surface area contributed by atoms with E-state index in [4.69, 9.17) is 9.15 Å². The Morgan fingerprint density at radius 1 is 1.35 bits per heavy atom. The minimum Gasteiger partial charge on any atom is -0.486 e. The lowest BCUT2D eigenvalue weighted by Crippen LogP contribution is -2.39. The van der Waals surface area contributed by atoms with E-state index in [2.05, 4.69) is 20.5 Å². The first-order valence-electron chi connectivity index (χ1n) is 8.60. The van der Waals surface area contributed by atoms with E-state index >= 15 is 0 Å². The molecule has 1 N–H and O–H groups in total. The van der Waals surface area contributed by atoms with E-state index in [-0.39, 0.29) is 23.9 Å². The van der Waals surface area contributed by atoms with Gasteiger partial charge in [0.15, 0.2) is 6.61 Å². The third-order valence-corrected chi connectivity index (χ3v) is 6.00. The molecule has 0 radical (unpaired) electrons. The summed E-state index contributed by atoms with van der Waals surface area (Å²) in [6.45, 7) is -0.308. The molecule has 2 aromatic heterocycles. The lowest BCUT2D eigenvalue weighted by Gasteiger charge is -2.25. The van der Waals surface area contributed by atoms with Crippen molar-refractivity contribution in [3.05, 3.63) is 36.4 Å². The Bertz CT molecular complexity index is 1060. The molecule has 0 saturated carbocycles. The van der Waals surface area contributed by atoms with Gasteiger partial charge in [0, 0.05) is 19.2 Å². The molecule has 3 rings (SSSR count). The van der Waals surface area contributed by atoms with Crippen LogP contribution in [-0.2, 0) is 10.0 Å². The van der Waals surface area contributed by atoms with Gasteiger partial charge < -0.3 is 14.5 Å². The first-order valence-corrected chi connectivity index (χ1v) is 11.3. The Balaban J connectivity index is 1.72. The molecule has 1 atom stereocenters. The zero-order valence-electron chi connectivity index (χ0n) is 16.1. The number of thioether (sulfide) groups is 1. The van der Waals surface area contributed by atoms with Gasteiger partial charge in [-0.2, -0.15) is 8.78 Å². The molecule has 0 saturated heterocycles. The zero-order valence-corrected chi connectivity index (χ0v) is 17.8.